The highest BCUT2D eigenvalue weighted by atomic mass is 32.1. The lowest BCUT2D eigenvalue weighted by molar-refractivity contribution is 0.0728. The van der Waals surface area contributed by atoms with Crippen LogP contribution < -0.4 is 5.56 Å². The topological polar surface area (TPSA) is 80.2 Å². The predicted octanol–water partition coefficient (Wildman–Crippen LogP) is 3.30. The first-order valence-electron chi connectivity index (χ1n) is 10.0. The second-order valence-corrected chi connectivity index (χ2v) is 7.87. The van der Waals surface area contributed by atoms with Crippen LogP contribution in [-0.4, -0.2) is 45.1 Å². The molecule has 1 N–H and O–H groups in total. The van der Waals surface area contributed by atoms with Crippen molar-refractivity contribution in [3.63, 3.8) is 0 Å². The maximum absolute atomic E-state index is 13.2. The number of nitrogens with one attached hydrogen (secondary N) is 1. The first kappa shape index (κ1) is 20.4. The number of fused-ring (bicyclic) bond motifs is 1. The molecule has 0 spiro atoms. The Labute approximate surface area is 179 Å². The van der Waals surface area contributed by atoms with Crippen LogP contribution in [0.25, 0.3) is 10.9 Å². The number of hydrogen-bond donors (Lipinski definition) is 1. The van der Waals surface area contributed by atoms with E-state index >= 15 is 0 Å². The summed E-state index contributed by atoms with van der Waals surface area (Å²) in [6.45, 7) is 1.51. The van der Waals surface area contributed by atoms with Gasteiger partial charge in [0.05, 0.1) is 23.1 Å². The number of H-pyrrole nitrogens is 1. The minimum Gasteiger partial charge on any atom is -0.385 e. The van der Waals surface area contributed by atoms with Crippen LogP contribution in [0.2, 0.25) is 0 Å². The summed E-state index contributed by atoms with van der Waals surface area (Å²) in [5.41, 5.74) is 1.81. The van der Waals surface area contributed by atoms with E-state index in [1.54, 1.807) is 31.5 Å². The quantitative estimate of drug-likeness (QED) is 0.443. The zero-order valence-electron chi connectivity index (χ0n) is 16.8. The first-order chi connectivity index (χ1) is 14.6. The van der Waals surface area contributed by atoms with Crippen molar-refractivity contribution < 1.29 is 9.53 Å². The average molecular weight is 425 g/mol. The number of methoxy groups -OCH3 is 1. The largest absolute Gasteiger partial charge is 0.385 e. The van der Waals surface area contributed by atoms with E-state index in [0.717, 1.165) is 18.5 Å². The van der Waals surface area contributed by atoms with Crippen molar-refractivity contribution >= 4 is 29.0 Å². The van der Waals surface area contributed by atoms with Crippen molar-refractivity contribution in [3.8, 4) is 0 Å². The van der Waals surface area contributed by atoms with Crippen LogP contribution >= 0.6 is 12.2 Å². The van der Waals surface area contributed by atoms with Gasteiger partial charge in [-0.3, -0.25) is 19.1 Å². The number of rotatable bonds is 8. The molecule has 0 atom stereocenters. The summed E-state index contributed by atoms with van der Waals surface area (Å²) in [6, 6.07) is 11.1. The number of carbonyl (C=O) groups is 1. The summed E-state index contributed by atoms with van der Waals surface area (Å²) in [6.07, 6.45) is 4.43. The standard InChI is InChI=1S/C22H24N4O3S/c1-29-12-4-11-25-21(28)18-9-6-15(13-19(18)24-22(25)30)20(27)26(17-7-8-17)14-16-5-2-3-10-23-16/h2-3,5-6,9-10,13,17H,4,7-8,11-12,14H2,1H3,(H,24,30). The van der Waals surface area contributed by atoms with Crippen molar-refractivity contribution in [1.29, 1.82) is 0 Å². The fourth-order valence-electron chi connectivity index (χ4n) is 3.54. The molecule has 3 aromatic rings. The number of aromatic nitrogens is 3. The monoisotopic (exact) mass is 424 g/mol. The molecule has 1 aliphatic rings. The Hall–Kier alpha value is -2.84. The highest BCUT2D eigenvalue weighted by Crippen LogP contribution is 2.30. The first-order valence-corrected chi connectivity index (χ1v) is 10.5. The highest BCUT2D eigenvalue weighted by Gasteiger charge is 2.33. The smallest absolute Gasteiger partial charge is 0.262 e. The zero-order valence-corrected chi connectivity index (χ0v) is 17.7. The van der Waals surface area contributed by atoms with E-state index < -0.39 is 0 Å². The van der Waals surface area contributed by atoms with Crippen LogP contribution in [0.5, 0.6) is 0 Å². The number of hydrogen-bond acceptors (Lipinski definition) is 5. The van der Waals surface area contributed by atoms with E-state index in [1.807, 2.05) is 23.1 Å². The molecule has 0 saturated heterocycles. The fraction of sp³-hybridized carbons (Fsp3) is 0.364. The number of pyridine rings is 1. The SMILES string of the molecule is COCCCn1c(=S)[nH]c2cc(C(=O)N(Cc3ccccn3)C3CC3)ccc2c1=O. The van der Waals surface area contributed by atoms with Gasteiger partial charge < -0.3 is 14.6 Å². The number of benzene rings is 1. The van der Waals surface area contributed by atoms with Crippen LogP contribution in [-0.2, 0) is 17.8 Å². The van der Waals surface area contributed by atoms with Gasteiger partial charge in [0.15, 0.2) is 4.77 Å². The van der Waals surface area contributed by atoms with E-state index in [0.29, 0.717) is 47.4 Å². The van der Waals surface area contributed by atoms with Crippen molar-refractivity contribution in [2.75, 3.05) is 13.7 Å². The normalized spacial score (nSPS) is 13.5. The number of nitrogens with zero attached hydrogens (tertiary/aromatic N) is 3. The van der Waals surface area contributed by atoms with Crippen LogP contribution in [0.3, 0.4) is 0 Å². The lowest BCUT2D eigenvalue weighted by Gasteiger charge is -2.22. The third-order valence-electron chi connectivity index (χ3n) is 5.27. The molecule has 0 aliphatic heterocycles. The van der Waals surface area contributed by atoms with E-state index in [4.69, 9.17) is 17.0 Å². The number of aromatic amines is 1. The van der Waals surface area contributed by atoms with E-state index in [-0.39, 0.29) is 17.5 Å². The molecule has 7 nitrogen and oxygen atoms in total. The van der Waals surface area contributed by atoms with Crippen LogP contribution in [0.1, 0.15) is 35.3 Å². The molecule has 1 amide bonds. The zero-order chi connectivity index (χ0) is 21.1. The van der Waals surface area contributed by atoms with Gasteiger partial charge in [-0.1, -0.05) is 6.07 Å². The molecule has 0 unspecified atom stereocenters. The lowest BCUT2D eigenvalue weighted by atomic mass is 10.1. The van der Waals surface area contributed by atoms with E-state index in [1.165, 1.54) is 4.57 Å². The van der Waals surface area contributed by atoms with Crippen LogP contribution in [0, 0.1) is 4.77 Å². The molecular formula is C22H24N4O3S. The molecule has 1 aromatic carbocycles. The molecule has 2 heterocycles. The van der Waals surface area contributed by atoms with Crippen molar-refractivity contribution in [1.82, 2.24) is 19.4 Å². The number of amides is 1. The summed E-state index contributed by atoms with van der Waals surface area (Å²) in [5.74, 6) is -0.0614. The lowest BCUT2D eigenvalue weighted by Crippen LogP contribution is -2.33. The molecule has 1 aliphatic carbocycles. The third-order valence-corrected chi connectivity index (χ3v) is 5.59. The van der Waals surface area contributed by atoms with E-state index in [9.17, 15) is 9.59 Å². The maximum atomic E-state index is 13.2. The minimum atomic E-state index is -0.156. The maximum Gasteiger partial charge on any atom is 0.262 e. The van der Waals surface area contributed by atoms with Gasteiger partial charge in [-0.25, -0.2) is 0 Å². The van der Waals surface area contributed by atoms with Gasteiger partial charge in [0.2, 0.25) is 0 Å². The van der Waals surface area contributed by atoms with E-state index in [2.05, 4.69) is 9.97 Å². The molecule has 156 valence electrons. The molecule has 8 heteroatoms. The highest BCUT2D eigenvalue weighted by molar-refractivity contribution is 7.71. The van der Waals surface area contributed by atoms with Gasteiger partial charge in [-0.05, 0) is 61.8 Å². The van der Waals surface area contributed by atoms with Gasteiger partial charge in [0, 0.05) is 38.1 Å². The van der Waals surface area contributed by atoms with Crippen LogP contribution in [0.15, 0.2) is 47.4 Å². The van der Waals surface area contributed by atoms with Gasteiger partial charge in [-0.2, -0.15) is 0 Å². The number of ether oxygens (including phenoxy) is 1. The minimum absolute atomic E-state index is 0.0614. The van der Waals surface area contributed by atoms with Gasteiger partial charge >= 0.3 is 0 Å². The Balaban J connectivity index is 1.63. The van der Waals surface area contributed by atoms with Crippen LogP contribution in [0.4, 0.5) is 0 Å². The van der Waals surface area contributed by atoms with Gasteiger partial charge in [0.25, 0.3) is 11.5 Å². The molecule has 0 bridgehead atoms. The Morgan fingerprint density at radius 3 is 2.87 bits per heavy atom. The second kappa shape index (κ2) is 8.89. The molecule has 1 saturated carbocycles. The Bertz CT molecular complexity index is 1170. The predicted molar refractivity (Wildman–Crippen MR) is 117 cm³/mol. The molecule has 0 radical (unpaired) electrons. The Kier molecular flexibility index (Phi) is 6.06. The Morgan fingerprint density at radius 2 is 2.17 bits per heavy atom. The second-order valence-electron chi connectivity index (χ2n) is 7.48. The fourth-order valence-corrected chi connectivity index (χ4v) is 3.83. The van der Waals surface area contributed by atoms with Crippen molar-refractivity contribution in [2.24, 2.45) is 0 Å². The summed E-state index contributed by atoms with van der Waals surface area (Å²) in [7, 11) is 1.63. The molecule has 30 heavy (non-hydrogen) atoms. The molecule has 2 aromatic heterocycles. The average Bonchev–Trinajstić information content (AvgIpc) is 3.59. The molecular weight excluding hydrogens is 400 g/mol. The summed E-state index contributed by atoms with van der Waals surface area (Å²) in [4.78, 5) is 35.4. The number of carbonyl (C=O) groups excluding carboxylic acids is 1. The van der Waals surface area contributed by atoms with Crippen molar-refractivity contribution in [3.05, 3.63) is 69.0 Å². The summed E-state index contributed by atoms with van der Waals surface area (Å²) in [5, 5.41) is 0.514. The molecule has 1 fully saturated rings. The van der Waals surface area contributed by atoms with Crippen molar-refractivity contribution in [2.45, 2.75) is 38.4 Å². The van der Waals surface area contributed by atoms with Gasteiger partial charge in [0.1, 0.15) is 0 Å². The summed E-state index contributed by atoms with van der Waals surface area (Å²) >= 11 is 5.38. The van der Waals surface area contributed by atoms with Gasteiger partial charge in [-0.15, -0.1) is 0 Å². The summed E-state index contributed by atoms with van der Waals surface area (Å²) < 4.78 is 6.94. The third kappa shape index (κ3) is 4.34. The molecule has 4 rings (SSSR count). The Morgan fingerprint density at radius 1 is 1.33 bits per heavy atom.